The first kappa shape index (κ1) is 13.9. The Hall–Kier alpha value is -1.05. The third-order valence-corrected chi connectivity index (χ3v) is 5.80. The number of rotatable bonds is 6. The van der Waals surface area contributed by atoms with Crippen LogP contribution in [0.2, 0.25) is 0 Å². The highest BCUT2D eigenvalue weighted by atomic mass is 32.2. The van der Waals surface area contributed by atoms with Gasteiger partial charge in [-0.3, -0.25) is 4.98 Å². The van der Waals surface area contributed by atoms with Crippen molar-refractivity contribution in [3.8, 4) is 0 Å². The van der Waals surface area contributed by atoms with Crippen LogP contribution in [-0.2, 0) is 10.0 Å². The van der Waals surface area contributed by atoms with Crippen molar-refractivity contribution in [3.05, 3.63) is 24.0 Å². The van der Waals surface area contributed by atoms with Gasteiger partial charge in [0.05, 0.1) is 5.69 Å². The Balaban J connectivity index is 1.86. The van der Waals surface area contributed by atoms with Crippen molar-refractivity contribution < 1.29 is 8.42 Å². The van der Waals surface area contributed by atoms with Gasteiger partial charge in [0.25, 0.3) is 0 Å². The van der Waals surface area contributed by atoms with Gasteiger partial charge in [0, 0.05) is 18.8 Å². The van der Waals surface area contributed by atoms with Crippen LogP contribution in [0, 0.1) is 5.92 Å². The lowest BCUT2D eigenvalue weighted by atomic mass is 10.3. The summed E-state index contributed by atoms with van der Waals surface area (Å²) in [5, 5.41) is 0. The number of sulfonamides is 1. The fourth-order valence-electron chi connectivity index (χ4n) is 2.17. The van der Waals surface area contributed by atoms with Crippen LogP contribution in [0.25, 0.3) is 0 Å². The quantitative estimate of drug-likeness (QED) is 0.801. The number of pyridine rings is 1. The van der Waals surface area contributed by atoms with E-state index < -0.39 is 10.0 Å². The van der Waals surface area contributed by atoms with E-state index in [9.17, 15) is 8.42 Å². The van der Waals surface area contributed by atoms with Crippen LogP contribution >= 0.6 is 12.2 Å². The van der Waals surface area contributed by atoms with E-state index in [-0.39, 0.29) is 15.9 Å². The van der Waals surface area contributed by atoms with Crippen molar-refractivity contribution in [2.75, 3.05) is 6.54 Å². The minimum atomic E-state index is -3.45. The molecule has 2 N–H and O–H groups in total. The maximum Gasteiger partial charge on any atom is 0.244 e. The average molecular weight is 311 g/mol. The summed E-state index contributed by atoms with van der Waals surface area (Å²) in [6, 6.07) is 3.28. The van der Waals surface area contributed by atoms with Crippen molar-refractivity contribution in [1.82, 2.24) is 9.29 Å². The summed E-state index contributed by atoms with van der Waals surface area (Å²) in [6.07, 6.45) is 5.55. The van der Waals surface area contributed by atoms with E-state index in [2.05, 4.69) is 4.98 Å². The molecule has 7 heteroatoms. The molecule has 0 amide bonds. The average Bonchev–Trinajstić information content (AvgIpc) is 3.27. The van der Waals surface area contributed by atoms with Gasteiger partial charge in [0.2, 0.25) is 10.0 Å². The monoisotopic (exact) mass is 311 g/mol. The van der Waals surface area contributed by atoms with Crippen LogP contribution < -0.4 is 5.73 Å². The molecule has 1 aromatic rings. The van der Waals surface area contributed by atoms with Crippen LogP contribution in [0.5, 0.6) is 0 Å². The first-order valence-corrected chi connectivity index (χ1v) is 8.61. The molecule has 0 aliphatic heterocycles. The first-order chi connectivity index (χ1) is 9.48. The van der Waals surface area contributed by atoms with Crippen molar-refractivity contribution in [2.45, 2.75) is 36.6 Å². The maximum absolute atomic E-state index is 12.7. The minimum Gasteiger partial charge on any atom is -0.388 e. The van der Waals surface area contributed by atoms with Gasteiger partial charge in [-0.1, -0.05) is 12.2 Å². The van der Waals surface area contributed by atoms with Crippen molar-refractivity contribution in [3.63, 3.8) is 0 Å². The Morgan fingerprint density at radius 3 is 2.50 bits per heavy atom. The predicted octanol–water partition coefficient (Wildman–Crippen LogP) is 1.28. The fourth-order valence-corrected chi connectivity index (χ4v) is 4.00. The smallest absolute Gasteiger partial charge is 0.244 e. The Morgan fingerprint density at radius 2 is 2.05 bits per heavy atom. The van der Waals surface area contributed by atoms with Crippen LogP contribution in [0.4, 0.5) is 0 Å². The SMILES string of the molecule is NC(=S)c1ccc(S(=O)(=O)N(CC2CC2)C2CC2)cn1. The molecule has 2 aliphatic rings. The molecular formula is C13H17N3O2S2. The van der Waals surface area contributed by atoms with Gasteiger partial charge in [-0.05, 0) is 43.7 Å². The van der Waals surface area contributed by atoms with Gasteiger partial charge in [-0.15, -0.1) is 0 Å². The second-order valence-electron chi connectivity index (χ2n) is 5.49. The zero-order chi connectivity index (χ0) is 14.3. The summed E-state index contributed by atoms with van der Waals surface area (Å²) in [7, 11) is -3.45. The molecule has 3 rings (SSSR count). The molecule has 1 heterocycles. The summed E-state index contributed by atoms with van der Waals surface area (Å²) in [5.41, 5.74) is 5.92. The number of nitrogens with two attached hydrogens (primary N) is 1. The second-order valence-corrected chi connectivity index (χ2v) is 7.82. The minimum absolute atomic E-state index is 0.172. The lowest BCUT2D eigenvalue weighted by Gasteiger charge is -2.21. The molecule has 2 aliphatic carbocycles. The van der Waals surface area contributed by atoms with E-state index in [0.29, 0.717) is 18.2 Å². The molecule has 0 atom stereocenters. The standard InChI is InChI=1S/C13H17N3O2S2/c14-13(19)12-6-5-11(7-15-12)20(17,18)16(10-3-4-10)8-9-1-2-9/h5-7,9-10H,1-4,8H2,(H2,14,19). The first-order valence-electron chi connectivity index (χ1n) is 6.76. The highest BCUT2D eigenvalue weighted by Gasteiger charge is 2.41. The molecule has 20 heavy (non-hydrogen) atoms. The third-order valence-electron chi connectivity index (χ3n) is 3.68. The number of thiocarbonyl (C=S) groups is 1. The maximum atomic E-state index is 12.7. The molecule has 1 aromatic heterocycles. The Bertz CT molecular complexity index is 620. The highest BCUT2D eigenvalue weighted by molar-refractivity contribution is 7.89. The van der Waals surface area contributed by atoms with E-state index in [4.69, 9.17) is 18.0 Å². The van der Waals surface area contributed by atoms with Crippen molar-refractivity contribution in [1.29, 1.82) is 0 Å². The van der Waals surface area contributed by atoms with E-state index >= 15 is 0 Å². The van der Waals surface area contributed by atoms with E-state index in [1.807, 2.05) is 0 Å². The van der Waals surface area contributed by atoms with E-state index in [1.54, 1.807) is 16.4 Å². The van der Waals surface area contributed by atoms with Crippen LogP contribution in [0.1, 0.15) is 31.4 Å². The van der Waals surface area contributed by atoms with Crippen LogP contribution in [-0.4, -0.2) is 35.3 Å². The summed E-state index contributed by atoms with van der Waals surface area (Å²) in [5.74, 6) is 0.536. The fraction of sp³-hybridized carbons (Fsp3) is 0.538. The highest BCUT2D eigenvalue weighted by Crippen LogP contribution is 2.37. The van der Waals surface area contributed by atoms with Gasteiger partial charge in [-0.2, -0.15) is 4.31 Å². The summed E-state index contributed by atoms with van der Waals surface area (Å²) in [6.45, 7) is 0.643. The Labute approximate surface area is 124 Å². The van der Waals surface area contributed by atoms with Crippen molar-refractivity contribution >= 4 is 27.2 Å². The molecular weight excluding hydrogens is 294 g/mol. The molecule has 0 radical (unpaired) electrons. The van der Waals surface area contributed by atoms with Gasteiger partial charge < -0.3 is 5.73 Å². The van der Waals surface area contributed by atoms with Crippen molar-refractivity contribution in [2.24, 2.45) is 11.7 Å². The molecule has 0 saturated heterocycles. The van der Waals surface area contributed by atoms with E-state index in [1.165, 1.54) is 6.20 Å². The van der Waals surface area contributed by atoms with Gasteiger partial charge in [0.1, 0.15) is 9.88 Å². The third kappa shape index (κ3) is 2.84. The predicted molar refractivity (Wildman–Crippen MR) is 79.8 cm³/mol. The molecule has 108 valence electrons. The Kier molecular flexibility index (Phi) is 3.51. The topological polar surface area (TPSA) is 76.3 Å². The van der Waals surface area contributed by atoms with Gasteiger partial charge in [-0.25, -0.2) is 8.42 Å². The van der Waals surface area contributed by atoms with Gasteiger partial charge >= 0.3 is 0 Å². The normalized spacial score (nSPS) is 19.2. The van der Waals surface area contributed by atoms with Gasteiger partial charge in [0.15, 0.2) is 0 Å². The number of hydrogen-bond acceptors (Lipinski definition) is 4. The largest absolute Gasteiger partial charge is 0.388 e. The molecule has 0 spiro atoms. The van der Waals surface area contributed by atoms with Crippen LogP contribution in [0.3, 0.4) is 0 Å². The molecule has 0 bridgehead atoms. The summed E-state index contributed by atoms with van der Waals surface area (Å²) in [4.78, 5) is 4.43. The lowest BCUT2D eigenvalue weighted by Crippen LogP contribution is -2.35. The zero-order valence-electron chi connectivity index (χ0n) is 11.0. The number of hydrogen-bond donors (Lipinski definition) is 1. The molecule has 0 unspecified atom stereocenters. The zero-order valence-corrected chi connectivity index (χ0v) is 12.7. The molecule has 5 nitrogen and oxygen atoms in total. The summed E-state index contributed by atoms with van der Waals surface area (Å²) >= 11 is 4.82. The number of aromatic nitrogens is 1. The van der Waals surface area contributed by atoms with Crippen LogP contribution in [0.15, 0.2) is 23.2 Å². The lowest BCUT2D eigenvalue weighted by molar-refractivity contribution is 0.388. The Morgan fingerprint density at radius 1 is 1.35 bits per heavy atom. The number of nitrogens with zero attached hydrogens (tertiary/aromatic N) is 2. The molecule has 2 fully saturated rings. The second kappa shape index (κ2) is 5.05. The molecule has 2 saturated carbocycles. The van der Waals surface area contributed by atoms with E-state index in [0.717, 1.165) is 25.7 Å². The molecule has 0 aromatic carbocycles. The summed E-state index contributed by atoms with van der Waals surface area (Å²) < 4.78 is 27.0.